The van der Waals surface area contributed by atoms with Gasteiger partial charge in [-0.15, -0.1) is 0 Å². The lowest BCUT2D eigenvalue weighted by Crippen LogP contribution is -2.41. The monoisotopic (exact) mass is 256 g/mol. The third-order valence-corrected chi connectivity index (χ3v) is 3.50. The smallest absolute Gasteiger partial charge is 0.229 e. The lowest BCUT2D eigenvalue weighted by atomic mass is 10.1. The van der Waals surface area contributed by atoms with Crippen LogP contribution in [0.4, 0.5) is 0 Å². The number of nitrogens with zero attached hydrogens (tertiary/aromatic N) is 1. The van der Waals surface area contributed by atoms with Gasteiger partial charge in [0.05, 0.1) is 11.4 Å². The lowest BCUT2D eigenvalue weighted by molar-refractivity contribution is -0.132. The average Bonchev–Trinajstić information content (AvgIpc) is 2.69. The first-order chi connectivity index (χ1) is 8.00. The fraction of sp³-hybridized carbons (Fsp3) is 0.846. The highest BCUT2D eigenvalue weighted by Crippen LogP contribution is 2.24. The number of carbonyl (C=O) groups is 1. The highest BCUT2D eigenvalue weighted by molar-refractivity contribution is 7.80. The topological polar surface area (TPSA) is 46.3 Å². The van der Waals surface area contributed by atoms with Crippen LogP contribution in [0.1, 0.15) is 52.4 Å². The van der Waals surface area contributed by atoms with Crippen molar-refractivity contribution in [3.63, 3.8) is 0 Å². The van der Waals surface area contributed by atoms with Gasteiger partial charge in [-0.2, -0.15) is 0 Å². The molecular formula is C13H24N2OS. The van der Waals surface area contributed by atoms with Crippen LogP contribution >= 0.6 is 12.2 Å². The Bertz CT molecular complexity index is 273. The number of amides is 1. The number of rotatable bonds is 6. The Labute approximate surface area is 110 Å². The lowest BCUT2D eigenvalue weighted by Gasteiger charge is -2.29. The molecule has 0 aliphatic heterocycles. The van der Waals surface area contributed by atoms with Crippen molar-refractivity contribution in [1.29, 1.82) is 0 Å². The van der Waals surface area contributed by atoms with Crippen LogP contribution in [0.15, 0.2) is 0 Å². The Balaban J connectivity index is 2.56. The number of hydrogen-bond donors (Lipinski definition) is 1. The van der Waals surface area contributed by atoms with Gasteiger partial charge in [-0.1, -0.05) is 38.9 Å². The van der Waals surface area contributed by atoms with E-state index in [4.69, 9.17) is 18.0 Å². The summed E-state index contributed by atoms with van der Waals surface area (Å²) in [6.07, 6.45) is 6.04. The molecule has 0 radical (unpaired) electrons. The van der Waals surface area contributed by atoms with Gasteiger partial charge < -0.3 is 10.6 Å². The van der Waals surface area contributed by atoms with Crippen molar-refractivity contribution in [1.82, 2.24) is 4.90 Å². The molecule has 4 heteroatoms. The Morgan fingerprint density at radius 2 is 2.00 bits per heavy atom. The first-order valence-electron chi connectivity index (χ1n) is 6.58. The normalized spacial score (nSPS) is 16.4. The second kappa shape index (κ2) is 6.94. The molecule has 0 aromatic carbocycles. The van der Waals surface area contributed by atoms with Gasteiger partial charge in [0.1, 0.15) is 0 Å². The molecule has 1 saturated carbocycles. The summed E-state index contributed by atoms with van der Waals surface area (Å²) in [6, 6.07) is 0.426. The molecule has 1 rings (SSSR count). The molecule has 0 bridgehead atoms. The Kier molecular flexibility index (Phi) is 5.89. The Hall–Kier alpha value is -0.640. The largest absolute Gasteiger partial charge is 0.393 e. The predicted molar refractivity (Wildman–Crippen MR) is 74.8 cm³/mol. The van der Waals surface area contributed by atoms with E-state index >= 15 is 0 Å². The quantitative estimate of drug-likeness (QED) is 0.743. The minimum atomic E-state index is 0.116. The van der Waals surface area contributed by atoms with Crippen LogP contribution < -0.4 is 5.73 Å². The van der Waals surface area contributed by atoms with Crippen LogP contribution in [0, 0.1) is 5.92 Å². The Morgan fingerprint density at radius 1 is 1.41 bits per heavy atom. The van der Waals surface area contributed by atoms with Gasteiger partial charge in [0.15, 0.2) is 0 Å². The summed E-state index contributed by atoms with van der Waals surface area (Å²) in [4.78, 5) is 14.4. The fourth-order valence-corrected chi connectivity index (χ4v) is 2.50. The van der Waals surface area contributed by atoms with E-state index in [1.165, 1.54) is 12.8 Å². The maximum atomic E-state index is 12.1. The zero-order chi connectivity index (χ0) is 12.8. The standard InChI is InChI=1S/C13H24N2OS/c1-10(2)7-8-15(11-5-3-4-6-11)13(16)9-12(14)17/h10-11H,3-9H2,1-2H3,(H2,14,17). The SMILES string of the molecule is CC(C)CCN(C(=O)CC(N)=S)C1CCCC1. The third kappa shape index (κ3) is 5.02. The van der Waals surface area contributed by atoms with Crippen LogP contribution in [0.2, 0.25) is 0 Å². The summed E-state index contributed by atoms with van der Waals surface area (Å²) in [6.45, 7) is 5.22. The molecule has 0 atom stereocenters. The van der Waals surface area contributed by atoms with E-state index in [1.807, 2.05) is 4.90 Å². The predicted octanol–water partition coefficient (Wildman–Crippen LogP) is 2.48. The maximum absolute atomic E-state index is 12.1. The summed E-state index contributed by atoms with van der Waals surface area (Å²) < 4.78 is 0. The van der Waals surface area contributed by atoms with E-state index in [1.54, 1.807) is 0 Å². The van der Waals surface area contributed by atoms with Crippen molar-refractivity contribution in [2.75, 3.05) is 6.54 Å². The molecule has 0 aromatic heterocycles. The second-order valence-electron chi connectivity index (χ2n) is 5.35. The van der Waals surface area contributed by atoms with Crippen molar-refractivity contribution in [2.24, 2.45) is 11.7 Å². The average molecular weight is 256 g/mol. The first-order valence-corrected chi connectivity index (χ1v) is 6.99. The molecule has 0 aromatic rings. The first kappa shape index (κ1) is 14.4. The molecule has 0 spiro atoms. The minimum absolute atomic E-state index is 0.116. The van der Waals surface area contributed by atoms with Gasteiger partial charge in [-0.25, -0.2) is 0 Å². The molecule has 1 aliphatic carbocycles. The number of carbonyl (C=O) groups excluding carboxylic acids is 1. The summed E-state index contributed by atoms with van der Waals surface area (Å²) in [5.41, 5.74) is 5.47. The molecular weight excluding hydrogens is 232 g/mol. The second-order valence-corrected chi connectivity index (χ2v) is 5.88. The minimum Gasteiger partial charge on any atom is -0.393 e. The molecule has 2 N–H and O–H groups in total. The van der Waals surface area contributed by atoms with Crippen LogP contribution in [-0.2, 0) is 4.79 Å². The molecule has 98 valence electrons. The summed E-state index contributed by atoms with van der Waals surface area (Å²) in [5.74, 6) is 0.738. The van der Waals surface area contributed by atoms with Crippen LogP contribution in [0.5, 0.6) is 0 Å². The van der Waals surface area contributed by atoms with E-state index in [0.717, 1.165) is 25.8 Å². The van der Waals surface area contributed by atoms with E-state index < -0.39 is 0 Å². The van der Waals surface area contributed by atoms with Crippen LogP contribution in [0.25, 0.3) is 0 Å². The van der Waals surface area contributed by atoms with Crippen LogP contribution in [0.3, 0.4) is 0 Å². The van der Waals surface area contributed by atoms with E-state index in [0.29, 0.717) is 16.9 Å². The molecule has 1 aliphatic rings. The molecule has 0 unspecified atom stereocenters. The van der Waals surface area contributed by atoms with E-state index in [-0.39, 0.29) is 12.3 Å². The van der Waals surface area contributed by atoms with Crippen LogP contribution in [-0.4, -0.2) is 28.4 Å². The van der Waals surface area contributed by atoms with Gasteiger partial charge in [0.25, 0.3) is 0 Å². The Morgan fingerprint density at radius 3 is 2.47 bits per heavy atom. The van der Waals surface area contributed by atoms with Crippen molar-refractivity contribution >= 4 is 23.1 Å². The zero-order valence-corrected chi connectivity index (χ0v) is 11.8. The molecule has 0 saturated heterocycles. The molecule has 1 amide bonds. The van der Waals surface area contributed by atoms with Crippen molar-refractivity contribution in [3.8, 4) is 0 Å². The third-order valence-electron chi connectivity index (χ3n) is 3.36. The summed E-state index contributed by atoms with van der Waals surface area (Å²) in [5, 5.41) is 0. The number of nitrogens with two attached hydrogens (primary N) is 1. The van der Waals surface area contributed by atoms with Gasteiger partial charge in [0.2, 0.25) is 5.91 Å². The molecule has 3 nitrogen and oxygen atoms in total. The molecule has 17 heavy (non-hydrogen) atoms. The molecule has 0 heterocycles. The summed E-state index contributed by atoms with van der Waals surface area (Å²) in [7, 11) is 0. The van der Waals surface area contributed by atoms with Crippen molar-refractivity contribution < 1.29 is 4.79 Å². The van der Waals surface area contributed by atoms with Crippen molar-refractivity contribution in [3.05, 3.63) is 0 Å². The number of thiocarbonyl (C=S) groups is 1. The van der Waals surface area contributed by atoms with E-state index in [2.05, 4.69) is 13.8 Å². The van der Waals surface area contributed by atoms with Gasteiger partial charge >= 0.3 is 0 Å². The molecule has 1 fully saturated rings. The fourth-order valence-electron chi connectivity index (χ4n) is 2.37. The highest BCUT2D eigenvalue weighted by Gasteiger charge is 2.26. The zero-order valence-electron chi connectivity index (χ0n) is 10.9. The van der Waals surface area contributed by atoms with E-state index in [9.17, 15) is 4.79 Å². The maximum Gasteiger partial charge on any atom is 0.229 e. The van der Waals surface area contributed by atoms with Gasteiger partial charge in [-0.3, -0.25) is 4.79 Å². The van der Waals surface area contributed by atoms with Crippen molar-refractivity contribution in [2.45, 2.75) is 58.4 Å². The number of hydrogen-bond acceptors (Lipinski definition) is 2. The summed E-state index contributed by atoms with van der Waals surface area (Å²) >= 11 is 4.83. The highest BCUT2D eigenvalue weighted by atomic mass is 32.1. The van der Waals surface area contributed by atoms with Gasteiger partial charge in [-0.05, 0) is 25.2 Å². The van der Waals surface area contributed by atoms with Gasteiger partial charge in [0, 0.05) is 12.6 Å².